The number of carbonyl (C=O) groups is 3. The number of anilines is 2. The molecule has 2 aromatic rings. The number of para-hydroxylation sites is 2. The Balaban J connectivity index is 1.73. The standard InChI is InChI=1S/C21H24N2O5S/c1-12-8-9-14-17(10-12)29-20(19(14)21(26)27-3)23-18(25)11-28-16-7-5-4-6-15(16)22-13(2)24/h4-7,12H,8-11H2,1-3H3,(H,22,24)(H,23,25)/t12-/m1/s1. The molecule has 0 bridgehead atoms. The molecular formula is C21H24N2O5S. The lowest BCUT2D eigenvalue weighted by Gasteiger charge is -2.18. The highest BCUT2D eigenvalue weighted by molar-refractivity contribution is 7.17. The summed E-state index contributed by atoms with van der Waals surface area (Å²) in [6.07, 6.45) is 2.69. The van der Waals surface area contributed by atoms with Crippen molar-refractivity contribution in [2.24, 2.45) is 5.92 Å². The number of carbonyl (C=O) groups excluding carboxylic acids is 3. The van der Waals surface area contributed by atoms with Gasteiger partial charge in [0, 0.05) is 11.8 Å². The summed E-state index contributed by atoms with van der Waals surface area (Å²) in [4.78, 5) is 37.2. The molecule has 1 aromatic carbocycles. The van der Waals surface area contributed by atoms with Crippen LogP contribution in [0.4, 0.5) is 10.7 Å². The third-order valence-corrected chi connectivity index (χ3v) is 5.88. The van der Waals surface area contributed by atoms with Gasteiger partial charge in [0.25, 0.3) is 5.91 Å². The molecule has 0 saturated carbocycles. The fourth-order valence-electron chi connectivity index (χ4n) is 3.35. The van der Waals surface area contributed by atoms with Gasteiger partial charge in [-0.2, -0.15) is 0 Å². The Bertz CT molecular complexity index is 937. The van der Waals surface area contributed by atoms with E-state index in [9.17, 15) is 14.4 Å². The van der Waals surface area contributed by atoms with Crippen LogP contribution < -0.4 is 15.4 Å². The number of fused-ring (bicyclic) bond motifs is 1. The maximum absolute atomic E-state index is 12.5. The summed E-state index contributed by atoms with van der Waals surface area (Å²) in [6.45, 7) is 3.33. The molecular weight excluding hydrogens is 392 g/mol. The molecule has 1 aromatic heterocycles. The quantitative estimate of drug-likeness (QED) is 0.702. The van der Waals surface area contributed by atoms with Crippen LogP contribution in [0.1, 0.15) is 41.1 Å². The fourth-order valence-corrected chi connectivity index (χ4v) is 4.76. The van der Waals surface area contributed by atoms with Crippen LogP contribution in [0.2, 0.25) is 0 Å². The van der Waals surface area contributed by atoms with Crippen LogP contribution in [-0.4, -0.2) is 31.5 Å². The molecule has 0 saturated heterocycles. The zero-order chi connectivity index (χ0) is 21.0. The third-order valence-electron chi connectivity index (χ3n) is 4.71. The molecule has 3 rings (SSSR count). The predicted octanol–water partition coefficient (Wildman–Crippen LogP) is 3.64. The molecule has 2 N–H and O–H groups in total. The van der Waals surface area contributed by atoms with Gasteiger partial charge < -0.3 is 20.1 Å². The maximum atomic E-state index is 12.5. The summed E-state index contributed by atoms with van der Waals surface area (Å²) in [5.74, 6) is -0.121. The highest BCUT2D eigenvalue weighted by atomic mass is 32.1. The highest BCUT2D eigenvalue weighted by Gasteiger charge is 2.28. The van der Waals surface area contributed by atoms with Crippen molar-refractivity contribution in [3.8, 4) is 5.75 Å². The van der Waals surface area contributed by atoms with Crippen molar-refractivity contribution in [3.63, 3.8) is 0 Å². The molecule has 154 valence electrons. The lowest BCUT2D eigenvalue weighted by atomic mass is 9.88. The summed E-state index contributed by atoms with van der Waals surface area (Å²) in [5, 5.41) is 5.96. The summed E-state index contributed by atoms with van der Waals surface area (Å²) < 4.78 is 10.5. The van der Waals surface area contributed by atoms with Crippen molar-refractivity contribution in [2.45, 2.75) is 33.1 Å². The van der Waals surface area contributed by atoms with Crippen molar-refractivity contribution in [1.29, 1.82) is 0 Å². The first kappa shape index (κ1) is 20.9. The summed E-state index contributed by atoms with van der Waals surface area (Å²) >= 11 is 1.43. The van der Waals surface area contributed by atoms with E-state index in [2.05, 4.69) is 17.6 Å². The van der Waals surface area contributed by atoms with Crippen LogP contribution in [0.3, 0.4) is 0 Å². The average molecular weight is 416 g/mol. The number of rotatable bonds is 6. The predicted molar refractivity (Wildman–Crippen MR) is 112 cm³/mol. The van der Waals surface area contributed by atoms with Crippen LogP contribution >= 0.6 is 11.3 Å². The normalized spacial score (nSPS) is 15.2. The van der Waals surface area contributed by atoms with Crippen LogP contribution in [0.15, 0.2) is 24.3 Å². The van der Waals surface area contributed by atoms with Crippen LogP contribution in [0.25, 0.3) is 0 Å². The molecule has 29 heavy (non-hydrogen) atoms. The van der Waals surface area contributed by atoms with E-state index in [1.54, 1.807) is 24.3 Å². The Labute approximate surface area is 173 Å². The zero-order valence-electron chi connectivity index (χ0n) is 16.7. The average Bonchev–Trinajstić information content (AvgIpc) is 3.03. The summed E-state index contributed by atoms with van der Waals surface area (Å²) in [5.41, 5.74) is 1.92. The second-order valence-corrected chi connectivity index (χ2v) is 8.17. The monoisotopic (exact) mass is 416 g/mol. The smallest absolute Gasteiger partial charge is 0.341 e. The first-order valence-corrected chi connectivity index (χ1v) is 10.2. The highest BCUT2D eigenvalue weighted by Crippen LogP contribution is 2.40. The van der Waals surface area contributed by atoms with Gasteiger partial charge in [-0.15, -0.1) is 11.3 Å². The minimum Gasteiger partial charge on any atom is -0.482 e. The molecule has 8 heteroatoms. The van der Waals surface area contributed by atoms with E-state index in [4.69, 9.17) is 9.47 Å². The summed E-state index contributed by atoms with van der Waals surface area (Å²) in [6, 6.07) is 6.88. The molecule has 2 amide bonds. The van der Waals surface area contributed by atoms with Crippen molar-refractivity contribution in [3.05, 3.63) is 40.3 Å². The van der Waals surface area contributed by atoms with Gasteiger partial charge in [0.05, 0.1) is 18.4 Å². The van der Waals surface area contributed by atoms with Crippen molar-refractivity contribution in [1.82, 2.24) is 0 Å². The van der Waals surface area contributed by atoms with Crippen molar-refractivity contribution in [2.75, 3.05) is 24.4 Å². The number of hydrogen-bond acceptors (Lipinski definition) is 6. The van der Waals surface area contributed by atoms with Gasteiger partial charge in [-0.05, 0) is 42.9 Å². The second-order valence-electron chi connectivity index (χ2n) is 7.06. The second kappa shape index (κ2) is 9.09. The molecule has 1 atom stereocenters. The van der Waals surface area contributed by atoms with Gasteiger partial charge >= 0.3 is 5.97 Å². The topological polar surface area (TPSA) is 93.7 Å². The van der Waals surface area contributed by atoms with Gasteiger partial charge in [0.2, 0.25) is 5.91 Å². The molecule has 0 radical (unpaired) electrons. The number of amides is 2. The third kappa shape index (κ3) is 4.95. The minimum atomic E-state index is -0.440. The Morgan fingerprint density at radius 1 is 1.21 bits per heavy atom. The van der Waals surface area contributed by atoms with E-state index in [0.717, 1.165) is 29.7 Å². The number of nitrogens with one attached hydrogen (secondary N) is 2. The number of hydrogen-bond donors (Lipinski definition) is 2. The molecule has 7 nitrogen and oxygen atoms in total. The van der Waals surface area contributed by atoms with Gasteiger partial charge in [0.1, 0.15) is 10.8 Å². The number of esters is 1. The number of thiophene rings is 1. The largest absolute Gasteiger partial charge is 0.482 e. The Morgan fingerprint density at radius 2 is 1.97 bits per heavy atom. The molecule has 1 heterocycles. The van der Waals surface area contributed by atoms with Gasteiger partial charge in [-0.25, -0.2) is 4.79 Å². The Morgan fingerprint density at radius 3 is 2.69 bits per heavy atom. The van der Waals surface area contributed by atoms with Crippen molar-refractivity contribution >= 4 is 39.8 Å². The zero-order valence-corrected chi connectivity index (χ0v) is 17.5. The lowest BCUT2D eigenvalue weighted by molar-refractivity contribution is -0.118. The van der Waals surface area contributed by atoms with Crippen molar-refractivity contribution < 1.29 is 23.9 Å². The van der Waals surface area contributed by atoms with E-state index in [0.29, 0.717) is 27.9 Å². The molecule has 0 aliphatic heterocycles. The Hall–Kier alpha value is -2.87. The van der Waals surface area contributed by atoms with E-state index in [1.807, 2.05) is 0 Å². The first-order valence-electron chi connectivity index (χ1n) is 9.41. The lowest BCUT2D eigenvalue weighted by Crippen LogP contribution is -2.21. The molecule has 1 aliphatic carbocycles. The number of ether oxygens (including phenoxy) is 2. The molecule has 0 spiro atoms. The van der Waals surface area contributed by atoms with Gasteiger partial charge in [0.15, 0.2) is 6.61 Å². The van der Waals surface area contributed by atoms with E-state index in [-0.39, 0.29) is 18.4 Å². The van der Waals surface area contributed by atoms with Crippen LogP contribution in [-0.2, 0) is 27.2 Å². The summed E-state index contributed by atoms with van der Waals surface area (Å²) in [7, 11) is 1.34. The molecule has 0 fully saturated rings. The van der Waals surface area contributed by atoms with Gasteiger partial charge in [-0.3, -0.25) is 9.59 Å². The fraction of sp³-hybridized carbons (Fsp3) is 0.381. The van der Waals surface area contributed by atoms with Crippen LogP contribution in [0.5, 0.6) is 5.75 Å². The molecule has 0 unspecified atom stereocenters. The Kier molecular flexibility index (Phi) is 6.53. The molecule has 1 aliphatic rings. The van der Waals surface area contributed by atoms with Crippen LogP contribution in [0, 0.1) is 5.92 Å². The number of methoxy groups -OCH3 is 1. The van der Waals surface area contributed by atoms with E-state index in [1.165, 1.54) is 25.4 Å². The maximum Gasteiger partial charge on any atom is 0.341 e. The van der Waals surface area contributed by atoms with Gasteiger partial charge in [-0.1, -0.05) is 19.1 Å². The van der Waals surface area contributed by atoms with E-state index >= 15 is 0 Å². The first-order chi connectivity index (χ1) is 13.9. The number of benzene rings is 1. The van der Waals surface area contributed by atoms with E-state index < -0.39 is 5.97 Å². The minimum absolute atomic E-state index is 0.230. The SMILES string of the molecule is COC(=O)c1c(NC(=O)COc2ccccc2NC(C)=O)sc2c1CC[C@@H](C)C2.